The van der Waals surface area contributed by atoms with Crippen LogP contribution in [0.25, 0.3) is 0 Å². The fourth-order valence-electron chi connectivity index (χ4n) is 2.53. The summed E-state index contributed by atoms with van der Waals surface area (Å²) in [4.78, 5) is 11.9. The van der Waals surface area contributed by atoms with Gasteiger partial charge in [-0.05, 0) is 29.5 Å². The standard InChI is InChI=1S/C19H23BO3/c1-14(17-10-9-16(20)12-18(17)22-2)8-11-19(21)23-13-15-6-4-3-5-7-15/h3-7,9-10,12,14H,8,11,13,20H2,1-2H3/t14-/m0/s1. The first-order valence-electron chi connectivity index (χ1n) is 7.94. The number of rotatable bonds is 7. The second kappa shape index (κ2) is 8.42. The van der Waals surface area contributed by atoms with E-state index in [1.165, 1.54) is 5.46 Å². The molecule has 0 bridgehead atoms. The lowest BCUT2D eigenvalue weighted by Gasteiger charge is -2.16. The molecule has 120 valence electrons. The van der Waals surface area contributed by atoms with Crippen molar-refractivity contribution in [3.05, 3.63) is 59.7 Å². The molecule has 0 aliphatic carbocycles. The van der Waals surface area contributed by atoms with Gasteiger partial charge in [0.05, 0.1) is 7.11 Å². The van der Waals surface area contributed by atoms with E-state index in [1.54, 1.807) is 7.11 Å². The summed E-state index contributed by atoms with van der Waals surface area (Å²) in [5.74, 6) is 0.969. The number of ether oxygens (including phenoxy) is 2. The minimum Gasteiger partial charge on any atom is -0.496 e. The van der Waals surface area contributed by atoms with E-state index in [9.17, 15) is 4.79 Å². The van der Waals surface area contributed by atoms with Gasteiger partial charge in [-0.2, -0.15) is 0 Å². The SMILES string of the molecule is Bc1ccc([C@@H](C)CCC(=O)OCc2ccccc2)c(OC)c1. The third-order valence-electron chi connectivity index (χ3n) is 3.94. The highest BCUT2D eigenvalue weighted by atomic mass is 16.5. The summed E-state index contributed by atoms with van der Waals surface area (Å²) < 4.78 is 10.8. The Morgan fingerprint density at radius 1 is 1.17 bits per heavy atom. The molecule has 0 aliphatic rings. The molecule has 3 nitrogen and oxygen atoms in total. The average molecular weight is 310 g/mol. The first-order valence-corrected chi connectivity index (χ1v) is 7.94. The highest BCUT2D eigenvalue weighted by Gasteiger charge is 2.14. The third kappa shape index (κ3) is 5.17. The van der Waals surface area contributed by atoms with E-state index in [2.05, 4.69) is 19.1 Å². The number of carbonyl (C=O) groups is 1. The molecular formula is C19H23BO3. The van der Waals surface area contributed by atoms with Crippen LogP contribution in [0.1, 0.15) is 36.8 Å². The fraction of sp³-hybridized carbons (Fsp3) is 0.316. The van der Waals surface area contributed by atoms with Crippen molar-refractivity contribution in [2.24, 2.45) is 0 Å². The molecular weight excluding hydrogens is 287 g/mol. The van der Waals surface area contributed by atoms with Crippen LogP contribution in [0.2, 0.25) is 0 Å². The zero-order chi connectivity index (χ0) is 16.7. The van der Waals surface area contributed by atoms with Crippen LogP contribution in [0.15, 0.2) is 48.5 Å². The summed E-state index contributed by atoms with van der Waals surface area (Å²) in [7, 11) is 3.72. The van der Waals surface area contributed by atoms with Crippen molar-refractivity contribution >= 4 is 19.3 Å². The van der Waals surface area contributed by atoms with E-state index in [1.807, 2.05) is 44.2 Å². The quantitative estimate of drug-likeness (QED) is 0.582. The second-order valence-corrected chi connectivity index (χ2v) is 5.83. The van der Waals surface area contributed by atoms with Gasteiger partial charge in [-0.25, -0.2) is 0 Å². The molecule has 1 atom stereocenters. The Balaban J connectivity index is 1.84. The maximum absolute atomic E-state index is 11.9. The zero-order valence-electron chi connectivity index (χ0n) is 14.0. The maximum atomic E-state index is 11.9. The highest BCUT2D eigenvalue weighted by Crippen LogP contribution is 2.28. The Bertz CT molecular complexity index is 640. The highest BCUT2D eigenvalue weighted by molar-refractivity contribution is 6.32. The predicted molar refractivity (Wildman–Crippen MR) is 95.1 cm³/mol. The Kier molecular flexibility index (Phi) is 6.27. The third-order valence-corrected chi connectivity index (χ3v) is 3.94. The number of methoxy groups -OCH3 is 1. The van der Waals surface area contributed by atoms with E-state index in [4.69, 9.17) is 9.47 Å². The molecule has 0 aromatic heterocycles. The van der Waals surface area contributed by atoms with Crippen LogP contribution in [0.4, 0.5) is 0 Å². The van der Waals surface area contributed by atoms with Gasteiger partial charge in [0, 0.05) is 6.42 Å². The molecule has 0 saturated heterocycles. The topological polar surface area (TPSA) is 35.5 Å². The lowest BCUT2D eigenvalue weighted by atomic mass is 9.89. The van der Waals surface area contributed by atoms with Crippen molar-refractivity contribution in [2.75, 3.05) is 7.11 Å². The summed E-state index contributed by atoms with van der Waals surface area (Å²) in [6, 6.07) is 15.9. The van der Waals surface area contributed by atoms with Crippen molar-refractivity contribution in [2.45, 2.75) is 32.3 Å². The van der Waals surface area contributed by atoms with Crippen LogP contribution < -0.4 is 10.2 Å². The van der Waals surface area contributed by atoms with Crippen LogP contribution in [0.3, 0.4) is 0 Å². The summed E-state index contributed by atoms with van der Waals surface area (Å²) in [5.41, 5.74) is 3.31. The molecule has 0 saturated carbocycles. The van der Waals surface area contributed by atoms with E-state index in [-0.39, 0.29) is 11.9 Å². The maximum Gasteiger partial charge on any atom is 0.306 e. The molecule has 2 aromatic carbocycles. The molecule has 4 heteroatoms. The summed E-state index contributed by atoms with van der Waals surface area (Å²) in [5, 5.41) is 0. The molecule has 0 aliphatic heterocycles. The summed E-state index contributed by atoms with van der Waals surface area (Å²) in [6.45, 7) is 2.44. The van der Waals surface area contributed by atoms with E-state index >= 15 is 0 Å². The Morgan fingerprint density at radius 3 is 2.61 bits per heavy atom. The monoisotopic (exact) mass is 310 g/mol. The van der Waals surface area contributed by atoms with E-state index in [0.29, 0.717) is 13.0 Å². The number of hydrogen-bond donors (Lipinski definition) is 0. The number of carbonyl (C=O) groups excluding carboxylic acids is 1. The van der Waals surface area contributed by atoms with Crippen molar-refractivity contribution < 1.29 is 14.3 Å². The Morgan fingerprint density at radius 2 is 1.91 bits per heavy atom. The summed E-state index contributed by atoms with van der Waals surface area (Å²) >= 11 is 0. The van der Waals surface area contributed by atoms with Gasteiger partial charge >= 0.3 is 5.97 Å². The first-order chi connectivity index (χ1) is 11.1. The molecule has 0 spiro atoms. The van der Waals surface area contributed by atoms with Gasteiger partial charge in [-0.3, -0.25) is 4.79 Å². The van der Waals surface area contributed by atoms with Gasteiger partial charge < -0.3 is 9.47 Å². The van der Waals surface area contributed by atoms with Gasteiger partial charge in [0.15, 0.2) is 0 Å². The summed E-state index contributed by atoms with van der Waals surface area (Å²) in [6.07, 6.45) is 1.15. The average Bonchev–Trinajstić information content (AvgIpc) is 2.58. The lowest BCUT2D eigenvalue weighted by Crippen LogP contribution is -2.09. The lowest BCUT2D eigenvalue weighted by molar-refractivity contribution is -0.145. The van der Waals surface area contributed by atoms with Crippen LogP contribution >= 0.6 is 0 Å². The molecule has 23 heavy (non-hydrogen) atoms. The van der Waals surface area contributed by atoms with Gasteiger partial charge in [0.1, 0.15) is 20.2 Å². The number of benzene rings is 2. The molecule has 2 aromatic rings. The molecule has 0 fully saturated rings. The molecule has 0 amide bonds. The second-order valence-electron chi connectivity index (χ2n) is 5.83. The zero-order valence-corrected chi connectivity index (χ0v) is 14.0. The van der Waals surface area contributed by atoms with Gasteiger partial charge in [-0.1, -0.05) is 54.9 Å². The van der Waals surface area contributed by atoms with Crippen LogP contribution in [-0.4, -0.2) is 20.9 Å². The van der Waals surface area contributed by atoms with Crippen molar-refractivity contribution in [3.8, 4) is 5.75 Å². The van der Waals surface area contributed by atoms with Gasteiger partial charge in [0.25, 0.3) is 0 Å². The normalized spacial score (nSPS) is 11.7. The number of esters is 1. The molecule has 0 heterocycles. The van der Waals surface area contributed by atoms with Crippen LogP contribution in [0, 0.1) is 0 Å². The minimum absolute atomic E-state index is 0.160. The van der Waals surface area contributed by atoms with Crippen LogP contribution in [-0.2, 0) is 16.1 Å². The van der Waals surface area contributed by atoms with Crippen molar-refractivity contribution in [3.63, 3.8) is 0 Å². The Hall–Kier alpha value is -2.23. The van der Waals surface area contributed by atoms with Crippen LogP contribution in [0.5, 0.6) is 5.75 Å². The fourth-order valence-corrected chi connectivity index (χ4v) is 2.53. The van der Waals surface area contributed by atoms with Crippen molar-refractivity contribution in [1.82, 2.24) is 0 Å². The minimum atomic E-state index is -0.160. The largest absolute Gasteiger partial charge is 0.496 e. The van der Waals surface area contributed by atoms with Gasteiger partial charge in [0.2, 0.25) is 0 Å². The molecule has 0 radical (unpaired) electrons. The number of hydrogen-bond acceptors (Lipinski definition) is 3. The smallest absolute Gasteiger partial charge is 0.306 e. The first kappa shape index (κ1) is 17.1. The predicted octanol–water partition coefficient (Wildman–Crippen LogP) is 2.58. The van der Waals surface area contributed by atoms with Gasteiger partial charge in [-0.15, -0.1) is 0 Å². The Labute approximate surface area is 139 Å². The van der Waals surface area contributed by atoms with Crippen molar-refractivity contribution in [1.29, 1.82) is 0 Å². The van der Waals surface area contributed by atoms with E-state index in [0.717, 1.165) is 23.3 Å². The molecule has 0 unspecified atom stereocenters. The molecule has 0 N–H and O–H groups in total. The van der Waals surface area contributed by atoms with E-state index < -0.39 is 0 Å². The molecule has 2 rings (SSSR count).